The Bertz CT molecular complexity index is 1600. The number of fused-ring (bicyclic) bond motifs is 1. The van der Waals surface area contributed by atoms with E-state index in [-0.39, 0.29) is 24.9 Å². The summed E-state index contributed by atoms with van der Waals surface area (Å²) in [7, 11) is -4.71. The van der Waals surface area contributed by atoms with Crippen LogP contribution in [0.1, 0.15) is 133 Å². The van der Waals surface area contributed by atoms with Gasteiger partial charge in [0.25, 0.3) is 5.91 Å². The lowest BCUT2D eigenvalue weighted by molar-refractivity contribution is -0.0889. The molecular weight excluding hydrogens is 725 g/mol. The largest absolute Gasteiger partial charge is 0.472 e. The predicted molar refractivity (Wildman–Crippen MR) is 211 cm³/mol. The van der Waals surface area contributed by atoms with Crippen molar-refractivity contribution in [3.05, 3.63) is 60.0 Å². The topological polar surface area (TPSA) is 200 Å². The van der Waals surface area contributed by atoms with E-state index in [1.54, 1.807) is 49.4 Å². The minimum absolute atomic E-state index is 0.0612. The molecule has 3 aromatic rings. The maximum atomic E-state index is 13.0. The number of phosphoric acid groups is 1. The Labute approximate surface area is 326 Å². The van der Waals surface area contributed by atoms with Crippen LogP contribution in [0, 0.1) is 0 Å². The number of phosphoric ester groups is 1. The number of nitrogens with zero attached hydrogens (tertiary/aromatic N) is 3. The third-order valence-electron chi connectivity index (χ3n) is 10.3. The number of aliphatic hydroxyl groups is 2. The normalized spacial score (nSPS) is 21.5. The van der Waals surface area contributed by atoms with Crippen molar-refractivity contribution in [3.8, 4) is 0 Å². The SMILES string of the molecule is CCCCCCCCCCCCCCCCCCOC[C@H](COP(=O)(O)OC[C@H]1O[C@@](C)(c2ccc3c(N)ncnn23)[C@H](O)[C@@H]1O)NC(=O)c1ccccc1. The zero-order chi connectivity index (χ0) is 39.5. The number of aliphatic hydroxyl groups excluding tert-OH is 2. The molecule has 6 atom stereocenters. The maximum absolute atomic E-state index is 13.0. The average Bonchev–Trinajstić information content (AvgIpc) is 3.72. The van der Waals surface area contributed by atoms with Gasteiger partial charge in [-0.1, -0.05) is 121 Å². The number of rotatable bonds is 28. The second-order valence-electron chi connectivity index (χ2n) is 14.8. The molecule has 1 aliphatic heterocycles. The van der Waals surface area contributed by atoms with Crippen LogP contribution in [0.25, 0.3) is 5.52 Å². The number of hydrogen-bond donors (Lipinski definition) is 5. The first kappa shape index (κ1) is 44.8. The molecular formula is C40H64N5O9P. The highest BCUT2D eigenvalue weighted by molar-refractivity contribution is 7.47. The lowest BCUT2D eigenvalue weighted by atomic mass is 9.93. The zero-order valence-electron chi connectivity index (χ0n) is 32.7. The van der Waals surface area contributed by atoms with Crippen molar-refractivity contribution in [1.29, 1.82) is 0 Å². The van der Waals surface area contributed by atoms with Crippen molar-refractivity contribution in [1.82, 2.24) is 19.9 Å². The van der Waals surface area contributed by atoms with Crippen molar-refractivity contribution in [3.63, 3.8) is 0 Å². The number of anilines is 1. The molecule has 1 aliphatic rings. The van der Waals surface area contributed by atoms with Gasteiger partial charge in [-0.2, -0.15) is 5.10 Å². The maximum Gasteiger partial charge on any atom is 0.472 e. The van der Waals surface area contributed by atoms with Crippen molar-refractivity contribution in [2.75, 3.05) is 32.2 Å². The molecule has 0 aliphatic carbocycles. The van der Waals surface area contributed by atoms with Gasteiger partial charge in [0.05, 0.1) is 31.6 Å². The fourth-order valence-electron chi connectivity index (χ4n) is 7.01. The van der Waals surface area contributed by atoms with Gasteiger partial charge < -0.3 is 35.6 Å². The molecule has 1 fully saturated rings. The average molecular weight is 790 g/mol. The van der Waals surface area contributed by atoms with Crippen LogP contribution in [-0.4, -0.2) is 86.4 Å². The summed E-state index contributed by atoms with van der Waals surface area (Å²) in [6.07, 6.45) is 17.6. The number of carbonyl (C=O) groups excluding carboxylic acids is 1. The van der Waals surface area contributed by atoms with Crippen LogP contribution in [0.3, 0.4) is 0 Å². The number of nitrogen functional groups attached to an aromatic ring is 1. The predicted octanol–water partition coefficient (Wildman–Crippen LogP) is 6.86. The lowest BCUT2D eigenvalue weighted by Crippen LogP contribution is -2.41. The third-order valence-corrected chi connectivity index (χ3v) is 11.3. The molecule has 0 spiro atoms. The zero-order valence-corrected chi connectivity index (χ0v) is 33.6. The van der Waals surface area contributed by atoms with Gasteiger partial charge in [0, 0.05) is 12.2 Å². The van der Waals surface area contributed by atoms with E-state index in [4.69, 9.17) is 24.3 Å². The van der Waals surface area contributed by atoms with Crippen LogP contribution in [0.4, 0.5) is 5.82 Å². The summed E-state index contributed by atoms with van der Waals surface area (Å²) in [5, 5.41) is 28.8. The van der Waals surface area contributed by atoms with E-state index in [1.165, 1.54) is 94.3 Å². The Hall–Kier alpha value is -2.94. The molecule has 6 N–H and O–H groups in total. The summed E-state index contributed by atoms with van der Waals surface area (Å²) in [4.78, 5) is 27.5. The molecule has 0 radical (unpaired) electrons. The first-order chi connectivity index (χ1) is 26.6. The monoisotopic (exact) mass is 789 g/mol. The van der Waals surface area contributed by atoms with Gasteiger partial charge >= 0.3 is 7.82 Å². The van der Waals surface area contributed by atoms with Gasteiger partial charge in [0.15, 0.2) is 5.82 Å². The fourth-order valence-corrected chi connectivity index (χ4v) is 7.79. The molecule has 1 unspecified atom stereocenters. The minimum atomic E-state index is -4.71. The van der Waals surface area contributed by atoms with E-state index in [0.717, 1.165) is 19.3 Å². The van der Waals surface area contributed by atoms with E-state index in [0.29, 0.717) is 23.4 Å². The van der Waals surface area contributed by atoms with Crippen LogP contribution in [0.2, 0.25) is 0 Å². The Morgan fingerprint density at radius 1 is 0.909 bits per heavy atom. The molecule has 1 saturated heterocycles. The highest BCUT2D eigenvalue weighted by atomic mass is 31.2. The molecule has 3 heterocycles. The number of unbranched alkanes of at least 4 members (excludes halogenated alkanes) is 15. The summed E-state index contributed by atoms with van der Waals surface area (Å²) < 4.78 is 36.8. The van der Waals surface area contributed by atoms with Gasteiger partial charge in [-0.25, -0.2) is 14.1 Å². The van der Waals surface area contributed by atoms with Crippen LogP contribution in [0.5, 0.6) is 0 Å². The van der Waals surface area contributed by atoms with Gasteiger partial charge in [-0.3, -0.25) is 13.8 Å². The van der Waals surface area contributed by atoms with Gasteiger partial charge in [0.2, 0.25) is 0 Å². The quantitative estimate of drug-likeness (QED) is 0.0379. The molecule has 1 amide bonds. The van der Waals surface area contributed by atoms with Crippen molar-refractivity contribution in [2.45, 2.75) is 147 Å². The second-order valence-corrected chi connectivity index (χ2v) is 16.3. The Morgan fingerprint density at radius 3 is 2.13 bits per heavy atom. The number of hydrogen-bond acceptors (Lipinski definition) is 11. The summed E-state index contributed by atoms with van der Waals surface area (Å²) in [5.74, 6) is -0.158. The number of amides is 1. The molecule has 0 bridgehead atoms. The first-order valence-electron chi connectivity index (χ1n) is 20.2. The molecule has 1 aromatic carbocycles. The molecule has 2 aromatic heterocycles. The van der Waals surface area contributed by atoms with E-state index in [2.05, 4.69) is 22.3 Å². The van der Waals surface area contributed by atoms with E-state index in [1.807, 2.05) is 0 Å². The third kappa shape index (κ3) is 14.2. The van der Waals surface area contributed by atoms with Crippen molar-refractivity contribution >= 4 is 25.1 Å². The van der Waals surface area contributed by atoms with E-state index in [9.17, 15) is 24.5 Å². The Kier molecular flexibility index (Phi) is 19.0. The van der Waals surface area contributed by atoms with Crippen LogP contribution in [0.15, 0.2) is 48.8 Å². The number of ether oxygens (including phenoxy) is 2. The standard InChI is InChI=1S/C40H64N5O9P/c1-3-4-5-6-7-8-9-10-11-12-13-14-15-16-17-21-26-51-27-32(44-39(48)31-22-19-18-20-23-31)28-52-55(49,50)53-29-34-36(46)37(47)40(2,54-34)35-25-24-33-38(41)42-30-43-45(33)35/h18-20,22-25,30,32,34,36-37,46-47H,3-17,21,26-29H2,1-2H3,(H,44,48)(H,49,50)(H2,41,42,43)/t32-,34-,36-,37-,40+/m1/s1. The van der Waals surface area contributed by atoms with Crippen LogP contribution >= 0.6 is 7.82 Å². The van der Waals surface area contributed by atoms with Crippen molar-refractivity contribution in [2.24, 2.45) is 0 Å². The summed E-state index contributed by atoms with van der Waals surface area (Å²) >= 11 is 0. The van der Waals surface area contributed by atoms with Crippen LogP contribution < -0.4 is 11.1 Å². The molecule has 14 nitrogen and oxygen atoms in total. The molecule has 4 rings (SSSR count). The number of aromatic nitrogens is 3. The minimum Gasteiger partial charge on any atom is -0.387 e. The molecule has 308 valence electrons. The summed E-state index contributed by atoms with van der Waals surface area (Å²) in [6, 6.07) is 11.2. The molecule has 55 heavy (non-hydrogen) atoms. The smallest absolute Gasteiger partial charge is 0.387 e. The first-order valence-corrected chi connectivity index (χ1v) is 21.7. The van der Waals surface area contributed by atoms with Gasteiger partial charge in [0.1, 0.15) is 35.8 Å². The van der Waals surface area contributed by atoms with Gasteiger partial charge in [-0.05, 0) is 37.6 Å². The Balaban J connectivity index is 1.16. The lowest BCUT2D eigenvalue weighted by Gasteiger charge is -2.27. The number of carbonyl (C=O) groups is 1. The van der Waals surface area contributed by atoms with E-state index >= 15 is 0 Å². The highest BCUT2D eigenvalue weighted by Gasteiger charge is 2.54. The molecule has 15 heteroatoms. The number of nitrogens with one attached hydrogen (secondary N) is 1. The van der Waals surface area contributed by atoms with Crippen molar-refractivity contribution < 1.29 is 43.0 Å². The number of nitrogens with two attached hydrogens (primary N) is 1. The van der Waals surface area contributed by atoms with Gasteiger partial charge in [-0.15, -0.1) is 0 Å². The fraction of sp³-hybridized carbons (Fsp3) is 0.675. The van der Waals surface area contributed by atoms with Crippen LogP contribution in [-0.2, 0) is 28.7 Å². The second kappa shape index (κ2) is 23.3. The Morgan fingerprint density at radius 2 is 1.51 bits per heavy atom. The molecule has 0 saturated carbocycles. The van der Waals surface area contributed by atoms with E-state index < -0.39 is 44.4 Å². The number of benzene rings is 1. The summed E-state index contributed by atoms with van der Waals surface area (Å²) in [5.41, 5.74) is 5.79. The highest BCUT2D eigenvalue weighted by Crippen LogP contribution is 2.46. The summed E-state index contributed by atoms with van der Waals surface area (Å²) in [6.45, 7) is 3.42.